The van der Waals surface area contributed by atoms with Crippen LogP contribution in [0.4, 0.5) is 18.9 Å². The fourth-order valence-electron chi connectivity index (χ4n) is 3.88. The molecule has 3 aromatic rings. The number of ketones is 1. The lowest BCUT2D eigenvalue weighted by molar-refractivity contribution is -0.274. The second kappa shape index (κ2) is 9.90. The number of nitrogens with zero attached hydrogens (tertiary/aromatic N) is 2. The minimum atomic E-state index is -4.96. The molecule has 1 aliphatic heterocycles. The zero-order valence-electron chi connectivity index (χ0n) is 18.6. The first-order valence-corrected chi connectivity index (χ1v) is 11.0. The number of hydrogen-bond acceptors (Lipinski definition) is 6. The molecular formula is C25H18ClF3N2O5. The van der Waals surface area contributed by atoms with Gasteiger partial charge in [0.05, 0.1) is 23.2 Å². The van der Waals surface area contributed by atoms with Crippen molar-refractivity contribution in [1.82, 2.24) is 4.98 Å². The number of alkyl halides is 3. The molecule has 11 heteroatoms. The first-order valence-electron chi connectivity index (χ1n) is 10.6. The van der Waals surface area contributed by atoms with Crippen molar-refractivity contribution in [3.63, 3.8) is 0 Å². The first-order chi connectivity index (χ1) is 17.1. The van der Waals surface area contributed by atoms with Crippen LogP contribution in [0.25, 0.3) is 5.76 Å². The van der Waals surface area contributed by atoms with Gasteiger partial charge in [-0.15, -0.1) is 13.2 Å². The molecule has 4 rings (SSSR count). The molecule has 1 unspecified atom stereocenters. The molecule has 2 heterocycles. The molecule has 36 heavy (non-hydrogen) atoms. The third-order valence-corrected chi connectivity index (χ3v) is 5.63. The van der Waals surface area contributed by atoms with Gasteiger partial charge in [0.2, 0.25) is 0 Å². The molecule has 1 N–H and O–H groups in total. The van der Waals surface area contributed by atoms with Gasteiger partial charge in [-0.25, -0.2) is 0 Å². The molecule has 2 aromatic carbocycles. The summed E-state index contributed by atoms with van der Waals surface area (Å²) in [6.45, 7) is 2.10. The molecule has 1 fully saturated rings. The van der Waals surface area contributed by atoms with Crippen molar-refractivity contribution in [1.29, 1.82) is 0 Å². The van der Waals surface area contributed by atoms with E-state index in [1.807, 2.05) is 0 Å². The molecule has 0 aliphatic carbocycles. The summed E-state index contributed by atoms with van der Waals surface area (Å²) in [4.78, 5) is 31.3. The van der Waals surface area contributed by atoms with Crippen molar-refractivity contribution in [2.75, 3.05) is 11.5 Å². The Kier molecular flexibility index (Phi) is 6.89. The number of hydrogen-bond donors (Lipinski definition) is 1. The van der Waals surface area contributed by atoms with Gasteiger partial charge in [0, 0.05) is 29.7 Å². The summed E-state index contributed by atoms with van der Waals surface area (Å²) in [6.07, 6.45) is -2.12. The molecule has 7 nitrogen and oxygen atoms in total. The Morgan fingerprint density at radius 1 is 1.08 bits per heavy atom. The van der Waals surface area contributed by atoms with E-state index in [-0.39, 0.29) is 21.8 Å². The normalized spacial score (nSPS) is 17.4. The summed E-state index contributed by atoms with van der Waals surface area (Å²) in [7, 11) is 0. The highest BCUT2D eigenvalue weighted by Crippen LogP contribution is 2.44. The quantitative estimate of drug-likeness (QED) is 0.257. The number of rotatable bonds is 6. The number of amides is 1. The van der Waals surface area contributed by atoms with E-state index in [4.69, 9.17) is 16.3 Å². The van der Waals surface area contributed by atoms with Crippen LogP contribution in [0.2, 0.25) is 5.02 Å². The van der Waals surface area contributed by atoms with Crippen LogP contribution < -0.4 is 14.4 Å². The molecule has 1 atom stereocenters. The third kappa shape index (κ3) is 4.99. The Balaban J connectivity index is 1.90. The van der Waals surface area contributed by atoms with Gasteiger partial charge in [-0.1, -0.05) is 17.7 Å². The van der Waals surface area contributed by atoms with E-state index >= 15 is 0 Å². The van der Waals surface area contributed by atoms with Crippen LogP contribution in [-0.4, -0.2) is 34.8 Å². The molecule has 0 radical (unpaired) electrons. The number of aromatic nitrogens is 1. The summed E-state index contributed by atoms with van der Waals surface area (Å²) >= 11 is 6.29. The largest absolute Gasteiger partial charge is 0.573 e. The van der Waals surface area contributed by atoms with Gasteiger partial charge in [-0.2, -0.15) is 0 Å². The van der Waals surface area contributed by atoms with Crippen molar-refractivity contribution < 1.29 is 37.3 Å². The second-order valence-electron chi connectivity index (χ2n) is 7.57. The molecule has 0 bridgehead atoms. The van der Waals surface area contributed by atoms with Crippen LogP contribution in [0.5, 0.6) is 11.5 Å². The summed E-state index contributed by atoms with van der Waals surface area (Å²) in [5.74, 6) is -2.88. The van der Waals surface area contributed by atoms with E-state index in [0.29, 0.717) is 17.9 Å². The summed E-state index contributed by atoms with van der Waals surface area (Å²) in [5.41, 5.74) is 0.0802. The van der Waals surface area contributed by atoms with E-state index in [1.54, 1.807) is 13.0 Å². The molecule has 0 spiro atoms. The predicted octanol–water partition coefficient (Wildman–Crippen LogP) is 5.66. The smallest absolute Gasteiger partial charge is 0.507 e. The van der Waals surface area contributed by atoms with Gasteiger partial charge in [0.15, 0.2) is 0 Å². The number of carbonyl (C=O) groups excluding carboxylic acids is 2. The molecule has 1 saturated heterocycles. The number of Topliss-reactive ketones (excluding diaryl/α,β-unsaturated/α-hetero) is 1. The summed E-state index contributed by atoms with van der Waals surface area (Å²) < 4.78 is 47.8. The Bertz CT molecular complexity index is 1350. The summed E-state index contributed by atoms with van der Waals surface area (Å²) in [6, 6.07) is 11.0. The number of aliphatic hydroxyl groups excluding tert-OH is 1. The fraction of sp³-hybridized carbons (Fsp3) is 0.160. The van der Waals surface area contributed by atoms with Gasteiger partial charge in [0.1, 0.15) is 17.3 Å². The number of ether oxygens (including phenoxy) is 2. The van der Waals surface area contributed by atoms with Gasteiger partial charge in [-0.05, 0) is 55.0 Å². The Morgan fingerprint density at radius 2 is 1.81 bits per heavy atom. The predicted molar refractivity (Wildman–Crippen MR) is 125 cm³/mol. The number of pyridine rings is 1. The number of halogens is 4. The Hall–Kier alpha value is -4.05. The maximum atomic E-state index is 13.2. The lowest BCUT2D eigenvalue weighted by Gasteiger charge is -2.26. The topological polar surface area (TPSA) is 89.0 Å². The van der Waals surface area contributed by atoms with Crippen LogP contribution >= 0.6 is 11.6 Å². The van der Waals surface area contributed by atoms with Crippen molar-refractivity contribution in [3.05, 3.63) is 88.7 Å². The average molecular weight is 519 g/mol. The molecule has 186 valence electrons. The van der Waals surface area contributed by atoms with Gasteiger partial charge < -0.3 is 14.6 Å². The third-order valence-electron chi connectivity index (χ3n) is 5.30. The van der Waals surface area contributed by atoms with Gasteiger partial charge >= 0.3 is 6.36 Å². The SMILES string of the molecule is CCOc1ccc(Cl)c(/C(O)=C2\C(=O)C(=O)N(c3cccc(OC(F)(F)F)c3)C2c2ccncc2)c1. The number of benzene rings is 2. The monoisotopic (exact) mass is 518 g/mol. The number of aliphatic hydroxyl groups is 1. The highest BCUT2D eigenvalue weighted by Gasteiger charge is 2.47. The molecule has 1 amide bonds. The van der Waals surface area contributed by atoms with Crippen LogP contribution in [0, 0.1) is 0 Å². The molecule has 1 aliphatic rings. The van der Waals surface area contributed by atoms with Crippen molar-refractivity contribution in [3.8, 4) is 11.5 Å². The average Bonchev–Trinajstić information content (AvgIpc) is 3.10. The first kappa shape index (κ1) is 25.1. The van der Waals surface area contributed by atoms with Crippen molar-refractivity contribution in [2.45, 2.75) is 19.3 Å². The molecule has 0 saturated carbocycles. The van der Waals surface area contributed by atoms with E-state index < -0.39 is 35.6 Å². The molecular weight excluding hydrogens is 501 g/mol. The molecule has 1 aromatic heterocycles. The second-order valence-corrected chi connectivity index (χ2v) is 7.98. The van der Waals surface area contributed by atoms with E-state index in [2.05, 4.69) is 9.72 Å². The zero-order valence-corrected chi connectivity index (χ0v) is 19.4. The minimum absolute atomic E-state index is 0.0473. The lowest BCUT2D eigenvalue weighted by atomic mass is 9.95. The van der Waals surface area contributed by atoms with E-state index in [9.17, 15) is 27.9 Å². The van der Waals surface area contributed by atoms with E-state index in [1.165, 1.54) is 48.8 Å². The van der Waals surface area contributed by atoms with Crippen LogP contribution in [0.1, 0.15) is 24.1 Å². The van der Waals surface area contributed by atoms with Crippen molar-refractivity contribution in [2.24, 2.45) is 0 Å². The lowest BCUT2D eigenvalue weighted by Crippen LogP contribution is -2.29. The van der Waals surface area contributed by atoms with Crippen LogP contribution in [0.15, 0.2) is 72.6 Å². The highest BCUT2D eigenvalue weighted by molar-refractivity contribution is 6.52. The highest BCUT2D eigenvalue weighted by atomic mass is 35.5. The van der Waals surface area contributed by atoms with Crippen molar-refractivity contribution >= 4 is 34.7 Å². The Morgan fingerprint density at radius 3 is 2.47 bits per heavy atom. The summed E-state index contributed by atoms with van der Waals surface area (Å²) in [5, 5.41) is 11.3. The zero-order chi connectivity index (χ0) is 26.0. The Labute approximate surface area is 208 Å². The number of carbonyl (C=O) groups is 2. The minimum Gasteiger partial charge on any atom is -0.507 e. The maximum absolute atomic E-state index is 13.2. The van der Waals surface area contributed by atoms with Gasteiger partial charge in [-0.3, -0.25) is 19.5 Å². The fourth-order valence-corrected chi connectivity index (χ4v) is 4.08. The standard InChI is InChI=1S/C25H18ClF3N2O5/c1-2-35-16-6-7-19(26)18(13-16)22(32)20-21(14-8-10-30-11-9-14)31(24(34)23(20)33)15-4-3-5-17(12-15)36-25(27,28)29/h3-13,21,32H,2H2,1H3/b22-20+. The number of anilines is 1. The van der Waals surface area contributed by atoms with Crippen LogP contribution in [0.3, 0.4) is 0 Å². The van der Waals surface area contributed by atoms with Gasteiger partial charge in [0.25, 0.3) is 11.7 Å². The van der Waals surface area contributed by atoms with E-state index in [0.717, 1.165) is 17.0 Å². The van der Waals surface area contributed by atoms with Crippen LogP contribution in [-0.2, 0) is 9.59 Å². The maximum Gasteiger partial charge on any atom is 0.573 e.